The maximum absolute atomic E-state index is 12.4. The van der Waals surface area contributed by atoms with E-state index in [4.69, 9.17) is 4.74 Å². The van der Waals surface area contributed by atoms with Gasteiger partial charge in [-0.2, -0.15) is 0 Å². The van der Waals surface area contributed by atoms with Crippen LogP contribution in [0.3, 0.4) is 0 Å². The molecule has 1 amide bonds. The van der Waals surface area contributed by atoms with E-state index in [2.05, 4.69) is 15.9 Å². The Labute approximate surface area is 120 Å². The van der Waals surface area contributed by atoms with E-state index in [1.165, 1.54) is 7.11 Å². The van der Waals surface area contributed by atoms with E-state index in [1.807, 2.05) is 25.1 Å². The van der Waals surface area contributed by atoms with Crippen LogP contribution in [0.2, 0.25) is 0 Å². The minimum atomic E-state index is -0.237. The Morgan fingerprint density at radius 2 is 2.16 bits per heavy atom. The molecule has 1 aliphatic heterocycles. The number of nitrogens with zero attached hydrogens (tertiary/aromatic N) is 1. The van der Waals surface area contributed by atoms with Crippen molar-refractivity contribution in [3.05, 3.63) is 33.8 Å². The summed E-state index contributed by atoms with van der Waals surface area (Å²) in [4.78, 5) is 25.6. The maximum Gasteiger partial charge on any atom is 0.310 e. The predicted octanol–water partition coefficient (Wildman–Crippen LogP) is 2.39. The van der Waals surface area contributed by atoms with E-state index < -0.39 is 0 Å². The van der Waals surface area contributed by atoms with Gasteiger partial charge in [0.2, 0.25) is 0 Å². The smallest absolute Gasteiger partial charge is 0.310 e. The number of hydrogen-bond acceptors (Lipinski definition) is 3. The molecule has 5 heteroatoms. The third-order valence-electron chi connectivity index (χ3n) is 3.36. The molecule has 0 radical (unpaired) electrons. The Morgan fingerprint density at radius 3 is 2.84 bits per heavy atom. The zero-order valence-corrected chi connectivity index (χ0v) is 12.6. The first kappa shape index (κ1) is 14.1. The molecule has 2 rings (SSSR count). The van der Waals surface area contributed by atoms with Crippen molar-refractivity contribution >= 4 is 27.8 Å². The van der Waals surface area contributed by atoms with Gasteiger partial charge in [0.25, 0.3) is 5.91 Å². The second kappa shape index (κ2) is 5.74. The van der Waals surface area contributed by atoms with Crippen LogP contribution in [-0.2, 0) is 9.53 Å². The predicted molar refractivity (Wildman–Crippen MR) is 74.9 cm³/mol. The van der Waals surface area contributed by atoms with Gasteiger partial charge < -0.3 is 9.64 Å². The van der Waals surface area contributed by atoms with Gasteiger partial charge in [0.1, 0.15) is 0 Å². The molecule has 0 N–H and O–H groups in total. The van der Waals surface area contributed by atoms with Gasteiger partial charge in [0, 0.05) is 17.6 Å². The third kappa shape index (κ3) is 2.97. The molecule has 4 nitrogen and oxygen atoms in total. The fourth-order valence-corrected chi connectivity index (χ4v) is 2.69. The number of carbonyl (C=O) groups is 2. The molecule has 0 bridgehead atoms. The molecule has 1 heterocycles. The van der Waals surface area contributed by atoms with Crippen LogP contribution in [0.25, 0.3) is 0 Å². The molecule has 0 spiro atoms. The van der Waals surface area contributed by atoms with E-state index in [0.29, 0.717) is 25.1 Å². The number of halogens is 1. The highest BCUT2D eigenvalue weighted by atomic mass is 79.9. The molecule has 0 aliphatic carbocycles. The van der Waals surface area contributed by atoms with Gasteiger partial charge in [-0.1, -0.05) is 11.6 Å². The average molecular weight is 326 g/mol. The van der Waals surface area contributed by atoms with Crippen LogP contribution in [0.15, 0.2) is 22.7 Å². The van der Waals surface area contributed by atoms with Crippen LogP contribution in [-0.4, -0.2) is 37.0 Å². The van der Waals surface area contributed by atoms with Crippen molar-refractivity contribution < 1.29 is 14.3 Å². The summed E-state index contributed by atoms with van der Waals surface area (Å²) in [5.74, 6) is -0.474. The van der Waals surface area contributed by atoms with Gasteiger partial charge in [-0.05, 0) is 41.4 Å². The first-order valence-corrected chi connectivity index (χ1v) is 6.95. The molecule has 1 unspecified atom stereocenters. The fourth-order valence-electron chi connectivity index (χ4n) is 2.28. The number of carbonyl (C=O) groups excluding carboxylic acids is 2. The highest BCUT2D eigenvalue weighted by molar-refractivity contribution is 9.10. The molecule has 1 aromatic rings. The third-order valence-corrected chi connectivity index (χ3v) is 4.05. The Morgan fingerprint density at radius 1 is 1.42 bits per heavy atom. The lowest BCUT2D eigenvalue weighted by Gasteiger charge is -2.17. The Balaban J connectivity index is 2.13. The standard InChI is InChI=1S/C14H16BrNO3/c1-9-3-4-12(15)11(7-9)13(17)16-6-5-10(8-16)14(18)19-2/h3-4,7,10H,5-6,8H2,1-2H3. The van der Waals surface area contributed by atoms with E-state index in [0.717, 1.165) is 10.0 Å². The number of esters is 1. The molecule has 102 valence electrons. The highest BCUT2D eigenvalue weighted by Gasteiger charge is 2.32. The first-order chi connectivity index (χ1) is 9.02. The van der Waals surface area contributed by atoms with Crippen molar-refractivity contribution in [2.75, 3.05) is 20.2 Å². The number of likely N-dealkylation sites (tertiary alicyclic amines) is 1. The first-order valence-electron chi connectivity index (χ1n) is 6.16. The van der Waals surface area contributed by atoms with E-state index in [-0.39, 0.29) is 17.8 Å². The van der Waals surface area contributed by atoms with Crippen LogP contribution in [0.4, 0.5) is 0 Å². The lowest BCUT2D eigenvalue weighted by Crippen LogP contribution is -2.30. The molecule has 1 saturated heterocycles. The number of rotatable bonds is 2. The zero-order valence-electron chi connectivity index (χ0n) is 11.0. The van der Waals surface area contributed by atoms with Crippen LogP contribution < -0.4 is 0 Å². The summed E-state index contributed by atoms with van der Waals surface area (Å²) in [5, 5.41) is 0. The second-order valence-corrected chi connectivity index (χ2v) is 5.60. The Bertz CT molecular complexity index is 515. The van der Waals surface area contributed by atoms with Gasteiger partial charge in [-0.3, -0.25) is 9.59 Å². The zero-order chi connectivity index (χ0) is 14.0. The Kier molecular flexibility index (Phi) is 4.24. The lowest BCUT2D eigenvalue weighted by molar-refractivity contribution is -0.144. The summed E-state index contributed by atoms with van der Waals surface area (Å²) in [6.07, 6.45) is 0.669. The van der Waals surface area contributed by atoms with Crippen molar-refractivity contribution in [2.45, 2.75) is 13.3 Å². The number of methoxy groups -OCH3 is 1. The minimum absolute atomic E-state index is 0.0398. The van der Waals surface area contributed by atoms with E-state index in [1.54, 1.807) is 4.90 Å². The van der Waals surface area contributed by atoms with Gasteiger partial charge in [0.15, 0.2) is 0 Å². The van der Waals surface area contributed by atoms with Crippen LogP contribution >= 0.6 is 15.9 Å². The fraction of sp³-hybridized carbons (Fsp3) is 0.429. The number of hydrogen-bond donors (Lipinski definition) is 0. The molecular weight excluding hydrogens is 310 g/mol. The number of aryl methyl sites for hydroxylation is 1. The number of benzene rings is 1. The number of amides is 1. The summed E-state index contributed by atoms with van der Waals surface area (Å²) in [7, 11) is 1.38. The van der Waals surface area contributed by atoms with Crippen LogP contribution in [0.1, 0.15) is 22.3 Å². The highest BCUT2D eigenvalue weighted by Crippen LogP contribution is 2.24. The topological polar surface area (TPSA) is 46.6 Å². The van der Waals surface area contributed by atoms with Gasteiger partial charge in [0.05, 0.1) is 18.6 Å². The second-order valence-electron chi connectivity index (χ2n) is 4.74. The summed E-state index contributed by atoms with van der Waals surface area (Å²) in [6, 6.07) is 5.68. The summed E-state index contributed by atoms with van der Waals surface area (Å²) in [5.41, 5.74) is 1.68. The van der Waals surface area contributed by atoms with Crippen LogP contribution in [0, 0.1) is 12.8 Å². The summed E-state index contributed by atoms with van der Waals surface area (Å²) < 4.78 is 5.51. The largest absolute Gasteiger partial charge is 0.469 e. The quantitative estimate of drug-likeness (QED) is 0.784. The van der Waals surface area contributed by atoms with Crippen molar-refractivity contribution in [1.29, 1.82) is 0 Å². The summed E-state index contributed by atoms with van der Waals surface area (Å²) >= 11 is 3.40. The normalized spacial score (nSPS) is 18.5. The van der Waals surface area contributed by atoms with Gasteiger partial charge in [-0.25, -0.2) is 0 Å². The Hall–Kier alpha value is -1.36. The van der Waals surface area contributed by atoms with E-state index in [9.17, 15) is 9.59 Å². The monoisotopic (exact) mass is 325 g/mol. The van der Waals surface area contributed by atoms with Crippen molar-refractivity contribution in [1.82, 2.24) is 4.90 Å². The van der Waals surface area contributed by atoms with Crippen LogP contribution in [0.5, 0.6) is 0 Å². The molecule has 1 aliphatic rings. The van der Waals surface area contributed by atoms with E-state index >= 15 is 0 Å². The van der Waals surface area contributed by atoms with Crippen molar-refractivity contribution in [3.63, 3.8) is 0 Å². The lowest BCUT2D eigenvalue weighted by atomic mass is 10.1. The van der Waals surface area contributed by atoms with Crippen molar-refractivity contribution in [3.8, 4) is 0 Å². The molecular formula is C14H16BrNO3. The molecule has 0 aromatic heterocycles. The maximum atomic E-state index is 12.4. The molecule has 1 aromatic carbocycles. The van der Waals surface area contributed by atoms with Gasteiger partial charge >= 0.3 is 5.97 Å². The molecule has 1 fully saturated rings. The number of ether oxygens (including phenoxy) is 1. The molecule has 19 heavy (non-hydrogen) atoms. The SMILES string of the molecule is COC(=O)C1CCN(C(=O)c2cc(C)ccc2Br)C1. The summed E-state index contributed by atoms with van der Waals surface area (Å²) in [6.45, 7) is 2.98. The average Bonchev–Trinajstić information content (AvgIpc) is 2.89. The minimum Gasteiger partial charge on any atom is -0.469 e. The molecule has 0 saturated carbocycles. The van der Waals surface area contributed by atoms with Crippen molar-refractivity contribution in [2.24, 2.45) is 5.92 Å². The molecule has 1 atom stereocenters. The van der Waals surface area contributed by atoms with Gasteiger partial charge in [-0.15, -0.1) is 0 Å².